The molecule has 0 aromatic heterocycles. The highest BCUT2D eigenvalue weighted by Gasteiger charge is 2.22. The van der Waals surface area contributed by atoms with Crippen LogP contribution in [0.3, 0.4) is 0 Å². The highest BCUT2D eigenvalue weighted by atomic mass is 79.9. The lowest BCUT2D eigenvalue weighted by atomic mass is 9.98. The molecule has 3 rings (SSSR count). The Morgan fingerprint density at radius 2 is 1.92 bits per heavy atom. The third kappa shape index (κ3) is 3.98. The van der Waals surface area contributed by atoms with Crippen LogP contribution in [0, 0.1) is 17.6 Å². The average molecular weight is 424 g/mol. The van der Waals surface area contributed by atoms with Gasteiger partial charge in [0.25, 0.3) is 5.91 Å². The van der Waals surface area contributed by atoms with Crippen LogP contribution in [0.2, 0.25) is 0 Å². The second-order valence-corrected chi connectivity index (χ2v) is 7.50. The quantitative estimate of drug-likeness (QED) is 0.697. The fourth-order valence-electron chi connectivity index (χ4n) is 3.10. The van der Waals surface area contributed by atoms with Gasteiger partial charge >= 0.3 is 0 Å². The topological polar surface area (TPSA) is 58.4 Å². The van der Waals surface area contributed by atoms with Crippen LogP contribution in [0.25, 0.3) is 0 Å². The molecule has 0 atom stereocenters. The summed E-state index contributed by atoms with van der Waals surface area (Å²) in [4.78, 5) is 15.0. The molecule has 0 aliphatic carbocycles. The van der Waals surface area contributed by atoms with E-state index in [9.17, 15) is 13.6 Å². The fourth-order valence-corrected chi connectivity index (χ4v) is 3.61. The van der Waals surface area contributed by atoms with Gasteiger partial charge in [-0.2, -0.15) is 0 Å². The molecule has 1 amide bonds. The van der Waals surface area contributed by atoms with Gasteiger partial charge in [0.15, 0.2) is 5.82 Å². The number of nitrogens with one attached hydrogen (secondary N) is 1. The smallest absolute Gasteiger partial charge is 0.257 e. The van der Waals surface area contributed by atoms with Crippen molar-refractivity contribution in [3.63, 3.8) is 0 Å². The number of nitrogen functional groups attached to an aromatic ring is 1. The Hall–Kier alpha value is -2.15. The van der Waals surface area contributed by atoms with Gasteiger partial charge in [0.2, 0.25) is 0 Å². The Kier molecular flexibility index (Phi) is 5.46. The molecule has 1 fully saturated rings. The van der Waals surface area contributed by atoms with Gasteiger partial charge in [-0.05, 0) is 59.0 Å². The number of anilines is 3. The van der Waals surface area contributed by atoms with Gasteiger partial charge in [-0.25, -0.2) is 8.78 Å². The zero-order valence-corrected chi connectivity index (χ0v) is 15.9. The summed E-state index contributed by atoms with van der Waals surface area (Å²) >= 11 is 3.09. The number of carbonyl (C=O) groups is 1. The van der Waals surface area contributed by atoms with Crippen molar-refractivity contribution in [2.45, 2.75) is 19.8 Å². The maximum Gasteiger partial charge on any atom is 0.257 e. The molecule has 2 aromatic rings. The third-order valence-corrected chi connectivity index (χ3v) is 5.26. The van der Waals surface area contributed by atoms with Crippen LogP contribution in [-0.4, -0.2) is 19.0 Å². The highest BCUT2D eigenvalue weighted by Crippen LogP contribution is 2.31. The summed E-state index contributed by atoms with van der Waals surface area (Å²) in [6.45, 7) is 3.91. The molecule has 26 heavy (non-hydrogen) atoms. The van der Waals surface area contributed by atoms with Crippen molar-refractivity contribution in [1.29, 1.82) is 0 Å². The molecule has 2 aromatic carbocycles. The summed E-state index contributed by atoms with van der Waals surface area (Å²) in [7, 11) is 0. The molecule has 138 valence electrons. The summed E-state index contributed by atoms with van der Waals surface area (Å²) in [5.74, 6) is -1.40. The largest absolute Gasteiger partial charge is 0.399 e. The predicted octanol–water partition coefficient (Wildman–Crippen LogP) is 4.80. The van der Waals surface area contributed by atoms with Crippen molar-refractivity contribution in [1.82, 2.24) is 0 Å². The predicted molar refractivity (Wildman–Crippen MR) is 103 cm³/mol. The van der Waals surface area contributed by atoms with Crippen LogP contribution in [0.4, 0.5) is 25.8 Å². The third-order valence-electron chi connectivity index (χ3n) is 4.63. The lowest BCUT2D eigenvalue weighted by molar-refractivity contribution is 0.102. The van der Waals surface area contributed by atoms with Crippen LogP contribution in [0.1, 0.15) is 30.1 Å². The van der Waals surface area contributed by atoms with E-state index in [4.69, 9.17) is 5.73 Å². The second kappa shape index (κ2) is 7.61. The van der Waals surface area contributed by atoms with Gasteiger partial charge in [-0.15, -0.1) is 0 Å². The number of hydrogen-bond acceptors (Lipinski definition) is 3. The molecule has 4 nitrogen and oxygen atoms in total. The first-order valence-corrected chi connectivity index (χ1v) is 9.25. The summed E-state index contributed by atoms with van der Waals surface area (Å²) in [5.41, 5.74) is 7.34. The second-order valence-electron chi connectivity index (χ2n) is 6.64. The Balaban J connectivity index is 1.91. The number of halogens is 3. The first kappa shape index (κ1) is 18.6. The average Bonchev–Trinajstić information content (AvgIpc) is 2.58. The summed E-state index contributed by atoms with van der Waals surface area (Å²) in [5, 5.41) is 2.53. The molecular formula is C19H20BrF2N3O. The van der Waals surface area contributed by atoms with Crippen molar-refractivity contribution >= 4 is 38.9 Å². The van der Waals surface area contributed by atoms with Crippen LogP contribution in [0.5, 0.6) is 0 Å². The molecule has 1 aliphatic rings. The minimum absolute atomic E-state index is 0.1000. The van der Waals surface area contributed by atoms with Gasteiger partial charge in [0, 0.05) is 35.0 Å². The van der Waals surface area contributed by atoms with E-state index in [0.29, 0.717) is 17.2 Å². The van der Waals surface area contributed by atoms with Crippen LogP contribution in [0.15, 0.2) is 34.8 Å². The summed E-state index contributed by atoms with van der Waals surface area (Å²) in [6.07, 6.45) is 2.09. The molecule has 0 saturated carbocycles. The number of carbonyl (C=O) groups excluding carboxylic acids is 1. The van der Waals surface area contributed by atoms with Crippen LogP contribution >= 0.6 is 15.9 Å². The molecule has 0 spiro atoms. The van der Waals surface area contributed by atoms with Gasteiger partial charge in [0.05, 0.1) is 11.3 Å². The molecule has 0 bridgehead atoms. The lowest BCUT2D eigenvalue weighted by Gasteiger charge is -2.33. The van der Waals surface area contributed by atoms with E-state index >= 15 is 0 Å². The van der Waals surface area contributed by atoms with Crippen molar-refractivity contribution in [3.05, 3.63) is 52.0 Å². The van der Waals surface area contributed by atoms with E-state index in [1.165, 1.54) is 0 Å². The molecule has 1 heterocycles. The van der Waals surface area contributed by atoms with Crippen LogP contribution < -0.4 is 16.0 Å². The fraction of sp³-hybridized carbons (Fsp3) is 0.316. The Morgan fingerprint density at radius 3 is 2.58 bits per heavy atom. The Labute approximate surface area is 159 Å². The van der Waals surface area contributed by atoms with E-state index in [1.54, 1.807) is 12.1 Å². The Bertz CT molecular complexity index is 813. The molecule has 1 saturated heterocycles. The van der Waals surface area contributed by atoms with E-state index < -0.39 is 17.5 Å². The molecule has 1 aliphatic heterocycles. The number of hydrogen-bond donors (Lipinski definition) is 2. The van der Waals surface area contributed by atoms with E-state index in [2.05, 4.69) is 33.1 Å². The molecular weight excluding hydrogens is 404 g/mol. The normalized spacial score (nSPS) is 15.2. The van der Waals surface area contributed by atoms with Gasteiger partial charge in [-0.1, -0.05) is 6.92 Å². The first-order chi connectivity index (χ1) is 12.3. The SMILES string of the molecule is CC1CCN(c2ccc(N)cc2C(=O)Nc2c(F)cc(F)cc2Br)CC1. The monoisotopic (exact) mass is 423 g/mol. The van der Waals surface area contributed by atoms with E-state index in [1.807, 2.05) is 6.07 Å². The molecule has 0 radical (unpaired) electrons. The van der Waals surface area contributed by atoms with Gasteiger partial charge in [0.1, 0.15) is 5.82 Å². The minimum atomic E-state index is -0.845. The number of piperidine rings is 1. The van der Waals surface area contributed by atoms with E-state index in [-0.39, 0.29) is 10.2 Å². The Morgan fingerprint density at radius 1 is 1.23 bits per heavy atom. The summed E-state index contributed by atoms with van der Waals surface area (Å²) in [6, 6.07) is 6.98. The zero-order chi connectivity index (χ0) is 18.8. The number of amides is 1. The number of nitrogens with two attached hydrogens (primary N) is 1. The first-order valence-electron chi connectivity index (χ1n) is 8.45. The van der Waals surface area contributed by atoms with Crippen molar-refractivity contribution in [2.24, 2.45) is 5.92 Å². The molecule has 3 N–H and O–H groups in total. The maximum atomic E-state index is 14.0. The van der Waals surface area contributed by atoms with Gasteiger partial charge < -0.3 is 16.0 Å². The number of benzene rings is 2. The van der Waals surface area contributed by atoms with E-state index in [0.717, 1.165) is 43.8 Å². The van der Waals surface area contributed by atoms with Gasteiger partial charge in [-0.3, -0.25) is 4.79 Å². The van der Waals surface area contributed by atoms with Crippen molar-refractivity contribution < 1.29 is 13.6 Å². The number of nitrogens with zero attached hydrogens (tertiary/aromatic N) is 1. The maximum absolute atomic E-state index is 14.0. The standard InChI is InChI=1S/C19H20BrF2N3O/c1-11-4-6-25(7-5-11)17-3-2-13(23)10-14(17)19(26)24-18-15(20)8-12(21)9-16(18)22/h2-3,8-11H,4-7,23H2,1H3,(H,24,26). The van der Waals surface area contributed by atoms with Crippen LogP contribution in [-0.2, 0) is 0 Å². The minimum Gasteiger partial charge on any atom is -0.399 e. The lowest BCUT2D eigenvalue weighted by Crippen LogP contribution is -2.34. The zero-order valence-electron chi connectivity index (χ0n) is 14.4. The van der Waals surface area contributed by atoms with Crippen molar-refractivity contribution in [3.8, 4) is 0 Å². The summed E-state index contributed by atoms with van der Waals surface area (Å²) < 4.78 is 27.4. The molecule has 0 unspecified atom stereocenters. The molecule has 7 heteroatoms. The number of rotatable bonds is 3. The highest BCUT2D eigenvalue weighted by molar-refractivity contribution is 9.10. The van der Waals surface area contributed by atoms with Crippen molar-refractivity contribution in [2.75, 3.05) is 29.0 Å².